The molecular formula is C24H26IN5O2S. The van der Waals surface area contributed by atoms with E-state index in [1.54, 1.807) is 13.3 Å². The number of carbonyl (C=O) groups is 1. The van der Waals surface area contributed by atoms with Crippen LogP contribution in [0.3, 0.4) is 0 Å². The third-order valence-corrected chi connectivity index (χ3v) is 7.50. The molecule has 1 saturated heterocycles. The average molecular weight is 575 g/mol. The zero-order chi connectivity index (χ0) is 23.7. The zero-order valence-corrected chi connectivity index (χ0v) is 21.9. The molecule has 1 fully saturated rings. The summed E-state index contributed by atoms with van der Waals surface area (Å²) in [5.74, 6) is 0.509. The Hall–Kier alpha value is -2.66. The van der Waals surface area contributed by atoms with Crippen molar-refractivity contribution >= 4 is 57.2 Å². The first kappa shape index (κ1) is 23.5. The molecule has 1 aromatic carbocycles. The smallest absolute Gasteiger partial charge is 0.224 e. The first-order valence-electron chi connectivity index (χ1n) is 10.7. The monoisotopic (exact) mass is 575 g/mol. The summed E-state index contributed by atoms with van der Waals surface area (Å²) in [7, 11) is 1.60. The molecule has 1 aliphatic rings. The van der Waals surface area contributed by atoms with Gasteiger partial charge in [0.15, 0.2) is 5.11 Å². The second-order valence-corrected chi connectivity index (χ2v) is 9.35. The quantitative estimate of drug-likeness (QED) is 0.278. The SMILES string of the molecule is CCC(=O)Nc1ccc(N2C(=S)N[C@H](c3ccccn3)[C@H]2c2c(C)[nH]c(C)c2I)cc1OC. The Morgan fingerprint density at radius 2 is 2.06 bits per heavy atom. The van der Waals surface area contributed by atoms with E-state index >= 15 is 0 Å². The fourth-order valence-electron chi connectivity index (χ4n) is 4.22. The summed E-state index contributed by atoms with van der Waals surface area (Å²) in [5, 5.41) is 6.99. The number of thiocarbonyl (C=S) groups is 1. The predicted octanol–water partition coefficient (Wildman–Crippen LogP) is 5.17. The summed E-state index contributed by atoms with van der Waals surface area (Å²) in [6.07, 6.45) is 2.19. The summed E-state index contributed by atoms with van der Waals surface area (Å²) in [4.78, 5) is 22.1. The van der Waals surface area contributed by atoms with Gasteiger partial charge in [-0.1, -0.05) is 13.0 Å². The number of halogens is 1. The highest BCUT2D eigenvalue weighted by molar-refractivity contribution is 14.1. The van der Waals surface area contributed by atoms with Gasteiger partial charge in [-0.05, 0) is 72.9 Å². The molecule has 0 saturated carbocycles. The molecule has 0 radical (unpaired) electrons. The van der Waals surface area contributed by atoms with E-state index in [1.807, 2.05) is 43.3 Å². The highest BCUT2D eigenvalue weighted by Gasteiger charge is 2.43. The van der Waals surface area contributed by atoms with Gasteiger partial charge >= 0.3 is 0 Å². The average Bonchev–Trinajstić information content (AvgIpc) is 3.28. The number of methoxy groups -OCH3 is 1. The first-order chi connectivity index (χ1) is 15.8. The van der Waals surface area contributed by atoms with Crippen molar-refractivity contribution in [3.8, 4) is 5.75 Å². The Kier molecular flexibility index (Phi) is 6.89. The lowest BCUT2D eigenvalue weighted by Crippen LogP contribution is -2.30. The summed E-state index contributed by atoms with van der Waals surface area (Å²) in [6.45, 7) is 5.98. The fourth-order valence-corrected chi connectivity index (χ4v) is 5.42. The van der Waals surface area contributed by atoms with E-state index in [2.05, 4.69) is 61.9 Å². The molecule has 0 unspecified atom stereocenters. The molecule has 172 valence electrons. The van der Waals surface area contributed by atoms with Gasteiger partial charge in [0.1, 0.15) is 5.75 Å². The maximum Gasteiger partial charge on any atom is 0.224 e. The molecule has 0 aliphatic carbocycles. The Balaban J connectivity index is 1.84. The number of aryl methyl sites for hydroxylation is 2. The van der Waals surface area contributed by atoms with E-state index in [0.717, 1.165) is 22.8 Å². The number of aromatic amines is 1. The van der Waals surface area contributed by atoms with E-state index in [4.69, 9.17) is 17.0 Å². The molecule has 3 N–H and O–H groups in total. The number of rotatable bonds is 6. The second kappa shape index (κ2) is 9.68. The van der Waals surface area contributed by atoms with Crippen LogP contribution in [0.5, 0.6) is 5.75 Å². The van der Waals surface area contributed by atoms with E-state index < -0.39 is 0 Å². The number of ether oxygens (including phenoxy) is 1. The van der Waals surface area contributed by atoms with Crippen molar-refractivity contribution in [3.63, 3.8) is 0 Å². The minimum Gasteiger partial charge on any atom is -0.494 e. The Morgan fingerprint density at radius 3 is 2.67 bits per heavy atom. The molecular weight excluding hydrogens is 549 g/mol. The number of nitrogens with zero attached hydrogens (tertiary/aromatic N) is 2. The van der Waals surface area contributed by atoms with Crippen molar-refractivity contribution in [2.24, 2.45) is 0 Å². The standard InChI is InChI=1S/C24H26IN5O2S/c1-5-19(31)28-16-10-9-15(12-18(16)32-4)30-23(20-13(2)27-14(3)21(20)25)22(29-24(30)33)17-8-6-7-11-26-17/h6-12,22-23,27H,5H2,1-4H3,(H,28,31)(H,29,33)/t22-,23-/m1/s1. The van der Waals surface area contributed by atoms with Crippen molar-refractivity contribution in [1.82, 2.24) is 15.3 Å². The molecule has 7 nitrogen and oxygen atoms in total. The summed E-state index contributed by atoms with van der Waals surface area (Å²) < 4.78 is 6.78. The summed E-state index contributed by atoms with van der Waals surface area (Å²) in [6, 6.07) is 11.4. The van der Waals surface area contributed by atoms with Gasteiger partial charge in [-0.15, -0.1) is 0 Å². The topological polar surface area (TPSA) is 82.3 Å². The Bertz CT molecular complexity index is 1200. The lowest BCUT2D eigenvalue weighted by Gasteiger charge is -2.29. The minimum atomic E-state index is -0.133. The van der Waals surface area contributed by atoms with Gasteiger partial charge in [0.2, 0.25) is 5.91 Å². The maximum absolute atomic E-state index is 11.9. The molecule has 0 bridgehead atoms. The predicted molar refractivity (Wildman–Crippen MR) is 143 cm³/mol. The lowest BCUT2D eigenvalue weighted by atomic mass is 9.96. The number of benzene rings is 1. The second-order valence-electron chi connectivity index (χ2n) is 7.89. The summed E-state index contributed by atoms with van der Waals surface area (Å²) in [5.41, 5.74) is 5.82. The van der Waals surface area contributed by atoms with Crippen LogP contribution in [-0.4, -0.2) is 28.1 Å². The number of hydrogen-bond donors (Lipinski definition) is 3. The number of anilines is 2. The Labute approximate surface area is 212 Å². The number of nitrogens with one attached hydrogen (secondary N) is 3. The van der Waals surface area contributed by atoms with Gasteiger partial charge < -0.3 is 25.3 Å². The van der Waals surface area contributed by atoms with Crippen LogP contribution < -0.4 is 20.3 Å². The van der Waals surface area contributed by atoms with Crippen LogP contribution in [0.1, 0.15) is 48.1 Å². The highest BCUT2D eigenvalue weighted by Crippen LogP contribution is 2.45. The van der Waals surface area contributed by atoms with Gasteiger partial charge in [-0.3, -0.25) is 9.78 Å². The van der Waals surface area contributed by atoms with E-state index in [9.17, 15) is 4.79 Å². The molecule has 9 heteroatoms. The molecule has 2 atom stereocenters. The maximum atomic E-state index is 11.9. The molecule has 33 heavy (non-hydrogen) atoms. The van der Waals surface area contributed by atoms with Gasteiger partial charge in [0.05, 0.1) is 30.6 Å². The first-order valence-corrected chi connectivity index (χ1v) is 12.2. The number of pyridine rings is 1. The third kappa shape index (κ3) is 4.43. The Morgan fingerprint density at radius 1 is 1.27 bits per heavy atom. The number of carbonyl (C=O) groups excluding carboxylic acids is 1. The van der Waals surface area contributed by atoms with Gasteiger partial charge in [-0.25, -0.2) is 0 Å². The largest absolute Gasteiger partial charge is 0.494 e. The van der Waals surface area contributed by atoms with Crippen LogP contribution in [0, 0.1) is 17.4 Å². The number of hydrogen-bond acceptors (Lipinski definition) is 4. The molecule has 1 aliphatic heterocycles. The van der Waals surface area contributed by atoms with Gasteiger partial charge in [0.25, 0.3) is 0 Å². The molecule has 0 spiro atoms. The third-order valence-electron chi connectivity index (χ3n) is 5.80. The van der Waals surface area contributed by atoms with Crippen molar-refractivity contribution in [3.05, 3.63) is 68.8 Å². The number of aromatic nitrogens is 2. The van der Waals surface area contributed by atoms with Crippen LogP contribution in [-0.2, 0) is 4.79 Å². The normalized spacial score (nSPS) is 17.7. The minimum absolute atomic E-state index is 0.0690. The lowest BCUT2D eigenvalue weighted by molar-refractivity contribution is -0.115. The van der Waals surface area contributed by atoms with Crippen molar-refractivity contribution in [1.29, 1.82) is 0 Å². The van der Waals surface area contributed by atoms with Crippen molar-refractivity contribution in [2.75, 3.05) is 17.3 Å². The van der Waals surface area contributed by atoms with E-state index in [0.29, 0.717) is 23.0 Å². The highest BCUT2D eigenvalue weighted by atomic mass is 127. The molecule has 2 aromatic heterocycles. The molecule has 3 aromatic rings. The molecule has 3 heterocycles. The zero-order valence-electron chi connectivity index (χ0n) is 18.9. The number of amides is 1. The van der Waals surface area contributed by atoms with Crippen LogP contribution >= 0.6 is 34.8 Å². The van der Waals surface area contributed by atoms with Crippen molar-refractivity contribution in [2.45, 2.75) is 39.3 Å². The van der Waals surface area contributed by atoms with Crippen LogP contribution in [0.15, 0.2) is 42.6 Å². The summed E-state index contributed by atoms with van der Waals surface area (Å²) >= 11 is 8.23. The van der Waals surface area contributed by atoms with E-state index in [1.165, 1.54) is 9.13 Å². The van der Waals surface area contributed by atoms with E-state index in [-0.39, 0.29) is 18.0 Å². The van der Waals surface area contributed by atoms with Gasteiger partial charge in [-0.2, -0.15) is 0 Å². The van der Waals surface area contributed by atoms with Crippen LogP contribution in [0.4, 0.5) is 11.4 Å². The molecule has 1 amide bonds. The number of H-pyrrole nitrogens is 1. The molecule has 4 rings (SSSR count). The van der Waals surface area contributed by atoms with Gasteiger partial charge in [0, 0.05) is 44.9 Å². The van der Waals surface area contributed by atoms with Crippen LogP contribution in [0.25, 0.3) is 0 Å². The van der Waals surface area contributed by atoms with Crippen molar-refractivity contribution < 1.29 is 9.53 Å². The fraction of sp³-hybridized carbons (Fsp3) is 0.292. The van der Waals surface area contributed by atoms with Crippen LogP contribution in [0.2, 0.25) is 0 Å².